The number of hydrogen-bond donors (Lipinski definition) is 2. The van der Waals surface area contributed by atoms with Crippen molar-refractivity contribution in [3.8, 4) is 0 Å². The number of sulfonamides is 1. The lowest BCUT2D eigenvalue weighted by Gasteiger charge is -2.02. The highest BCUT2D eigenvalue weighted by Gasteiger charge is 2.14. The van der Waals surface area contributed by atoms with E-state index in [4.69, 9.17) is 5.14 Å². The first kappa shape index (κ1) is 11.6. The molecule has 80 valence electrons. The third kappa shape index (κ3) is 3.06. The van der Waals surface area contributed by atoms with Crippen LogP contribution in [0.5, 0.6) is 0 Å². The molecule has 6 heteroatoms. The maximum Gasteiger partial charge on any atom is 0.239 e. The third-order valence-corrected chi connectivity index (χ3v) is 3.77. The number of nitrogens with one attached hydrogen (secondary N) is 1. The molecule has 1 rings (SSSR count). The van der Waals surface area contributed by atoms with Crippen LogP contribution in [-0.4, -0.2) is 15.0 Å². The van der Waals surface area contributed by atoms with E-state index in [0.717, 1.165) is 17.8 Å². The van der Waals surface area contributed by atoms with Gasteiger partial charge in [0.25, 0.3) is 0 Å². The van der Waals surface area contributed by atoms with Crippen molar-refractivity contribution in [3.05, 3.63) is 16.3 Å². The van der Waals surface area contributed by atoms with Gasteiger partial charge in [-0.3, -0.25) is 0 Å². The normalized spacial score (nSPS) is 11.9. The molecular formula is C8H14N2O2S2. The molecule has 0 aromatic carbocycles. The predicted molar refractivity (Wildman–Crippen MR) is 57.7 cm³/mol. The monoisotopic (exact) mass is 234 g/mol. The van der Waals surface area contributed by atoms with Crippen molar-refractivity contribution in [1.82, 2.24) is 5.32 Å². The quantitative estimate of drug-likeness (QED) is 0.743. The molecule has 4 nitrogen and oxygen atoms in total. The minimum Gasteiger partial charge on any atom is -0.312 e. The SMILES string of the molecule is CCCNCc1sccc1S(N)(=O)=O. The minimum absolute atomic E-state index is 0.242. The van der Waals surface area contributed by atoms with Crippen molar-refractivity contribution < 1.29 is 8.42 Å². The minimum atomic E-state index is -3.56. The molecule has 0 unspecified atom stereocenters. The zero-order valence-electron chi connectivity index (χ0n) is 7.99. The summed E-state index contributed by atoms with van der Waals surface area (Å²) in [5.74, 6) is 0. The zero-order chi connectivity index (χ0) is 10.6. The van der Waals surface area contributed by atoms with Crippen LogP contribution in [0.4, 0.5) is 0 Å². The summed E-state index contributed by atoms with van der Waals surface area (Å²) in [7, 11) is -3.56. The first-order chi connectivity index (χ1) is 6.55. The molecule has 1 aromatic rings. The molecule has 0 spiro atoms. The summed E-state index contributed by atoms with van der Waals surface area (Å²) in [4.78, 5) is 1.02. The summed E-state index contributed by atoms with van der Waals surface area (Å²) in [6, 6.07) is 1.54. The van der Waals surface area contributed by atoms with Gasteiger partial charge in [0.1, 0.15) is 0 Å². The Balaban J connectivity index is 2.74. The molecule has 1 heterocycles. The molecule has 0 radical (unpaired) electrons. The summed E-state index contributed by atoms with van der Waals surface area (Å²) >= 11 is 1.41. The van der Waals surface area contributed by atoms with Gasteiger partial charge < -0.3 is 5.32 Å². The lowest BCUT2D eigenvalue weighted by Crippen LogP contribution is -2.17. The van der Waals surface area contributed by atoms with E-state index >= 15 is 0 Å². The summed E-state index contributed by atoms with van der Waals surface area (Å²) in [5.41, 5.74) is 0. The van der Waals surface area contributed by atoms with Crippen LogP contribution in [0.25, 0.3) is 0 Å². The fourth-order valence-electron chi connectivity index (χ4n) is 1.09. The maximum absolute atomic E-state index is 11.1. The van der Waals surface area contributed by atoms with Crippen LogP contribution in [0.2, 0.25) is 0 Å². The lowest BCUT2D eigenvalue weighted by atomic mass is 10.4. The Morgan fingerprint density at radius 2 is 2.29 bits per heavy atom. The van der Waals surface area contributed by atoms with Gasteiger partial charge in [-0.2, -0.15) is 0 Å². The second kappa shape index (κ2) is 4.88. The van der Waals surface area contributed by atoms with Crippen LogP contribution in [0, 0.1) is 0 Å². The number of primary sulfonamides is 1. The number of rotatable bonds is 5. The highest BCUT2D eigenvalue weighted by molar-refractivity contribution is 7.89. The molecular weight excluding hydrogens is 220 g/mol. The molecule has 14 heavy (non-hydrogen) atoms. The van der Waals surface area contributed by atoms with Crippen molar-refractivity contribution in [3.63, 3.8) is 0 Å². The molecule has 0 saturated heterocycles. The van der Waals surface area contributed by atoms with E-state index in [2.05, 4.69) is 12.2 Å². The van der Waals surface area contributed by atoms with Gasteiger partial charge in [-0.25, -0.2) is 13.6 Å². The standard InChI is InChI=1S/C8H14N2O2S2/c1-2-4-10-6-7-8(3-5-13-7)14(9,11)12/h3,5,10H,2,4,6H2,1H3,(H2,9,11,12). The van der Waals surface area contributed by atoms with Crippen LogP contribution >= 0.6 is 11.3 Å². The first-order valence-corrected chi connectivity index (χ1v) is 6.78. The van der Waals surface area contributed by atoms with Gasteiger partial charge in [-0.05, 0) is 24.4 Å². The smallest absolute Gasteiger partial charge is 0.239 e. The van der Waals surface area contributed by atoms with E-state index in [9.17, 15) is 8.42 Å². The summed E-state index contributed by atoms with van der Waals surface area (Å²) in [5, 5.41) is 9.94. The molecule has 0 aliphatic carbocycles. The van der Waals surface area contributed by atoms with E-state index in [1.54, 1.807) is 11.4 Å². The van der Waals surface area contributed by atoms with E-state index in [1.807, 2.05) is 0 Å². The van der Waals surface area contributed by atoms with E-state index in [0.29, 0.717) is 6.54 Å². The van der Waals surface area contributed by atoms with E-state index < -0.39 is 10.0 Å². The van der Waals surface area contributed by atoms with Gasteiger partial charge in [-0.1, -0.05) is 6.92 Å². The molecule has 0 aliphatic rings. The van der Waals surface area contributed by atoms with Crippen LogP contribution in [0.1, 0.15) is 18.2 Å². The van der Waals surface area contributed by atoms with Gasteiger partial charge in [0.2, 0.25) is 10.0 Å². The predicted octanol–water partition coefficient (Wildman–Crippen LogP) is 0.895. The molecule has 1 aromatic heterocycles. The Hall–Kier alpha value is -0.430. The van der Waals surface area contributed by atoms with Crippen molar-refractivity contribution >= 4 is 21.4 Å². The molecule has 0 fully saturated rings. The maximum atomic E-state index is 11.1. The fourth-order valence-corrected chi connectivity index (χ4v) is 3.05. The number of hydrogen-bond acceptors (Lipinski definition) is 4. The second-order valence-corrected chi connectivity index (χ2v) is 5.46. The largest absolute Gasteiger partial charge is 0.312 e. The van der Waals surface area contributed by atoms with Crippen molar-refractivity contribution in [1.29, 1.82) is 0 Å². The summed E-state index contributed by atoms with van der Waals surface area (Å²) in [6.07, 6.45) is 1.02. The second-order valence-electron chi connectivity index (χ2n) is 2.93. The van der Waals surface area contributed by atoms with Crippen molar-refractivity contribution in [2.45, 2.75) is 24.8 Å². The number of thiophene rings is 1. The fraction of sp³-hybridized carbons (Fsp3) is 0.500. The van der Waals surface area contributed by atoms with Gasteiger partial charge in [0.15, 0.2) is 0 Å². The lowest BCUT2D eigenvalue weighted by molar-refractivity contribution is 0.595. The van der Waals surface area contributed by atoms with Gasteiger partial charge in [0.05, 0.1) is 4.90 Å². The Morgan fingerprint density at radius 3 is 2.86 bits per heavy atom. The average molecular weight is 234 g/mol. The van der Waals surface area contributed by atoms with Crippen molar-refractivity contribution in [2.24, 2.45) is 5.14 Å². The molecule has 0 saturated carbocycles. The highest BCUT2D eigenvalue weighted by atomic mass is 32.2. The van der Waals surface area contributed by atoms with Gasteiger partial charge >= 0.3 is 0 Å². The molecule has 0 aliphatic heterocycles. The topological polar surface area (TPSA) is 72.2 Å². The molecule has 3 N–H and O–H groups in total. The van der Waals surface area contributed by atoms with Crippen LogP contribution in [-0.2, 0) is 16.6 Å². The zero-order valence-corrected chi connectivity index (χ0v) is 9.62. The Kier molecular flexibility index (Phi) is 4.06. The Labute approximate surface area is 88.2 Å². The van der Waals surface area contributed by atoms with Crippen LogP contribution in [0.15, 0.2) is 16.3 Å². The highest BCUT2D eigenvalue weighted by Crippen LogP contribution is 2.20. The number of nitrogens with two attached hydrogens (primary N) is 1. The third-order valence-electron chi connectivity index (χ3n) is 1.72. The molecule has 0 atom stereocenters. The van der Waals surface area contributed by atoms with Crippen molar-refractivity contribution in [2.75, 3.05) is 6.54 Å². The first-order valence-electron chi connectivity index (χ1n) is 4.35. The van der Waals surface area contributed by atoms with E-state index in [1.165, 1.54) is 11.3 Å². The van der Waals surface area contributed by atoms with Gasteiger partial charge in [0, 0.05) is 11.4 Å². The Bertz CT molecular complexity index is 384. The Morgan fingerprint density at radius 1 is 1.57 bits per heavy atom. The van der Waals surface area contributed by atoms with Crippen LogP contribution < -0.4 is 10.5 Å². The summed E-state index contributed by atoms with van der Waals surface area (Å²) in [6.45, 7) is 3.50. The van der Waals surface area contributed by atoms with E-state index in [-0.39, 0.29) is 4.90 Å². The van der Waals surface area contributed by atoms with Gasteiger partial charge in [-0.15, -0.1) is 11.3 Å². The molecule has 0 bridgehead atoms. The molecule has 0 amide bonds. The summed E-state index contributed by atoms with van der Waals surface area (Å²) < 4.78 is 22.2. The average Bonchev–Trinajstić information content (AvgIpc) is 2.52. The van der Waals surface area contributed by atoms with Crippen LogP contribution in [0.3, 0.4) is 0 Å².